The summed E-state index contributed by atoms with van der Waals surface area (Å²) in [4.78, 5) is 6.62. The van der Waals surface area contributed by atoms with Gasteiger partial charge in [0.2, 0.25) is 0 Å². The van der Waals surface area contributed by atoms with E-state index in [0.717, 1.165) is 34.8 Å². The van der Waals surface area contributed by atoms with Crippen molar-refractivity contribution in [3.63, 3.8) is 0 Å². The van der Waals surface area contributed by atoms with E-state index in [-0.39, 0.29) is 0 Å². The molecule has 6 heteroatoms. The highest BCUT2D eigenvalue weighted by atomic mass is 32.2. The molecule has 3 rings (SSSR count). The van der Waals surface area contributed by atoms with Crippen LogP contribution in [0.15, 0.2) is 29.3 Å². The lowest BCUT2D eigenvalue weighted by Crippen LogP contribution is -2.27. The van der Waals surface area contributed by atoms with E-state index in [0.29, 0.717) is 11.6 Å². The standard InChI is InChI=1S/C20H29N3OS2/c1-3-12-23(4-2)26(24)19-13-16(21)10-11-17(19)18-14-22-20(25-18)15-8-6-5-7-9-15/h10-11,13-15H,3-9,12,21H2,1-2H3. The molecular weight excluding hydrogens is 362 g/mol. The second-order valence-corrected chi connectivity index (χ2v) is 9.44. The molecule has 0 saturated heterocycles. The molecule has 0 bridgehead atoms. The first-order chi connectivity index (χ1) is 12.6. The predicted molar refractivity (Wildman–Crippen MR) is 112 cm³/mol. The van der Waals surface area contributed by atoms with E-state index < -0.39 is 11.0 Å². The van der Waals surface area contributed by atoms with Gasteiger partial charge in [0.15, 0.2) is 0 Å². The quantitative estimate of drug-likeness (QED) is 0.660. The third kappa shape index (κ3) is 4.35. The van der Waals surface area contributed by atoms with Gasteiger partial charge in [-0.3, -0.25) is 0 Å². The zero-order valence-electron chi connectivity index (χ0n) is 15.7. The molecule has 0 spiro atoms. The van der Waals surface area contributed by atoms with Crippen molar-refractivity contribution in [1.29, 1.82) is 0 Å². The molecule has 2 aromatic rings. The van der Waals surface area contributed by atoms with Crippen molar-refractivity contribution in [1.82, 2.24) is 9.29 Å². The molecule has 1 fully saturated rings. The first kappa shape index (κ1) is 19.5. The summed E-state index contributed by atoms with van der Waals surface area (Å²) in [5.74, 6) is 0.595. The number of rotatable bonds is 7. The summed E-state index contributed by atoms with van der Waals surface area (Å²) >= 11 is 1.76. The molecule has 1 aromatic carbocycles. The fourth-order valence-electron chi connectivity index (χ4n) is 3.58. The predicted octanol–water partition coefficient (Wildman–Crippen LogP) is 5.19. The van der Waals surface area contributed by atoms with Crippen molar-refractivity contribution >= 4 is 28.0 Å². The Hall–Kier alpha value is -1.24. The molecule has 1 saturated carbocycles. The van der Waals surface area contributed by atoms with Gasteiger partial charge < -0.3 is 5.73 Å². The normalized spacial score (nSPS) is 16.9. The Morgan fingerprint density at radius 2 is 2.04 bits per heavy atom. The molecule has 1 aromatic heterocycles. The third-order valence-corrected chi connectivity index (χ3v) is 7.81. The Balaban J connectivity index is 1.93. The molecular formula is C20H29N3OS2. The van der Waals surface area contributed by atoms with Crippen molar-refractivity contribution in [2.24, 2.45) is 0 Å². The fraction of sp³-hybridized carbons (Fsp3) is 0.550. The second-order valence-electron chi connectivity index (χ2n) is 6.92. The van der Waals surface area contributed by atoms with Crippen molar-refractivity contribution in [3.8, 4) is 10.4 Å². The zero-order valence-corrected chi connectivity index (χ0v) is 17.4. The Labute approximate surface area is 163 Å². The molecule has 0 aliphatic heterocycles. The van der Waals surface area contributed by atoms with Crippen LogP contribution in [0.5, 0.6) is 0 Å². The van der Waals surface area contributed by atoms with Crippen LogP contribution in [0, 0.1) is 0 Å². The lowest BCUT2D eigenvalue weighted by molar-refractivity contribution is 0.442. The average molecular weight is 392 g/mol. The average Bonchev–Trinajstić information content (AvgIpc) is 3.16. The monoisotopic (exact) mass is 391 g/mol. The van der Waals surface area contributed by atoms with Crippen LogP contribution in [-0.2, 0) is 11.0 Å². The van der Waals surface area contributed by atoms with E-state index in [9.17, 15) is 4.21 Å². The van der Waals surface area contributed by atoms with Crippen LogP contribution in [0.1, 0.15) is 63.3 Å². The first-order valence-corrected chi connectivity index (χ1v) is 11.6. The fourth-order valence-corrected chi connectivity index (χ4v) is 6.24. The Morgan fingerprint density at radius 3 is 2.73 bits per heavy atom. The topological polar surface area (TPSA) is 59.2 Å². The largest absolute Gasteiger partial charge is 0.399 e. The van der Waals surface area contributed by atoms with Crippen LogP contribution in [0.25, 0.3) is 10.4 Å². The highest BCUT2D eigenvalue weighted by Crippen LogP contribution is 2.39. The maximum absolute atomic E-state index is 13.2. The van der Waals surface area contributed by atoms with E-state index >= 15 is 0 Å². The Kier molecular flexibility index (Phi) is 6.84. The summed E-state index contributed by atoms with van der Waals surface area (Å²) in [6.07, 6.45) is 9.38. The molecule has 2 N–H and O–H groups in total. The van der Waals surface area contributed by atoms with E-state index in [4.69, 9.17) is 10.7 Å². The number of anilines is 1. The molecule has 142 valence electrons. The number of nitrogens with two attached hydrogens (primary N) is 1. The van der Waals surface area contributed by atoms with Crippen LogP contribution in [0.3, 0.4) is 0 Å². The maximum atomic E-state index is 13.2. The van der Waals surface area contributed by atoms with Gasteiger partial charge in [0.05, 0.1) is 14.8 Å². The lowest BCUT2D eigenvalue weighted by Gasteiger charge is -2.20. The minimum Gasteiger partial charge on any atom is -0.399 e. The highest BCUT2D eigenvalue weighted by molar-refractivity contribution is 7.82. The summed E-state index contributed by atoms with van der Waals surface area (Å²) in [6, 6.07) is 5.76. The number of nitrogen functional groups attached to an aromatic ring is 1. The van der Waals surface area contributed by atoms with E-state index in [1.807, 2.05) is 35.6 Å². The van der Waals surface area contributed by atoms with Gasteiger partial charge >= 0.3 is 0 Å². The first-order valence-electron chi connectivity index (χ1n) is 9.66. The van der Waals surface area contributed by atoms with Crippen LogP contribution < -0.4 is 5.73 Å². The number of thiazole rings is 1. The molecule has 1 aliphatic carbocycles. The molecule has 1 atom stereocenters. The number of hydrogen-bond acceptors (Lipinski definition) is 4. The molecule has 0 amide bonds. The minimum absolute atomic E-state index is 0.595. The summed E-state index contributed by atoms with van der Waals surface area (Å²) in [5, 5.41) is 1.23. The summed E-state index contributed by atoms with van der Waals surface area (Å²) in [7, 11) is -1.21. The lowest BCUT2D eigenvalue weighted by atomic mass is 9.90. The van der Waals surface area contributed by atoms with Crippen molar-refractivity contribution in [2.45, 2.75) is 63.2 Å². The SMILES string of the molecule is CCCN(CC)S(=O)c1cc(N)ccc1-c1cnc(C2CCCCC2)s1. The maximum Gasteiger partial charge on any atom is 0.128 e. The summed E-state index contributed by atoms with van der Waals surface area (Å²) in [5.41, 5.74) is 7.68. The van der Waals surface area contributed by atoms with Crippen LogP contribution in [-0.4, -0.2) is 26.6 Å². The summed E-state index contributed by atoms with van der Waals surface area (Å²) < 4.78 is 15.2. The Morgan fingerprint density at radius 1 is 1.27 bits per heavy atom. The van der Waals surface area contributed by atoms with Gasteiger partial charge in [-0.1, -0.05) is 39.2 Å². The van der Waals surface area contributed by atoms with Gasteiger partial charge in [-0.25, -0.2) is 13.5 Å². The zero-order chi connectivity index (χ0) is 18.5. The van der Waals surface area contributed by atoms with E-state index in [1.54, 1.807) is 11.3 Å². The molecule has 4 nitrogen and oxygen atoms in total. The molecule has 1 aliphatic rings. The van der Waals surface area contributed by atoms with E-state index in [2.05, 4.69) is 6.92 Å². The van der Waals surface area contributed by atoms with Gasteiger partial charge in [0, 0.05) is 36.5 Å². The number of nitrogens with zero attached hydrogens (tertiary/aromatic N) is 2. The highest BCUT2D eigenvalue weighted by Gasteiger charge is 2.22. The van der Waals surface area contributed by atoms with Crippen molar-refractivity contribution in [3.05, 3.63) is 29.4 Å². The smallest absolute Gasteiger partial charge is 0.128 e. The van der Waals surface area contributed by atoms with Gasteiger partial charge in [-0.05, 0) is 31.4 Å². The second kappa shape index (κ2) is 9.11. The van der Waals surface area contributed by atoms with Crippen LogP contribution in [0.2, 0.25) is 0 Å². The molecule has 26 heavy (non-hydrogen) atoms. The van der Waals surface area contributed by atoms with E-state index in [1.165, 1.54) is 37.1 Å². The Bertz CT molecular complexity index is 753. The van der Waals surface area contributed by atoms with Gasteiger partial charge in [0.1, 0.15) is 11.0 Å². The van der Waals surface area contributed by atoms with Crippen molar-refractivity contribution < 1.29 is 4.21 Å². The molecule has 0 radical (unpaired) electrons. The van der Waals surface area contributed by atoms with Crippen molar-refractivity contribution in [2.75, 3.05) is 18.8 Å². The number of hydrogen-bond donors (Lipinski definition) is 1. The number of aromatic nitrogens is 1. The van der Waals surface area contributed by atoms with Crippen LogP contribution in [0.4, 0.5) is 5.69 Å². The molecule has 1 unspecified atom stereocenters. The van der Waals surface area contributed by atoms with Gasteiger partial charge in [-0.15, -0.1) is 11.3 Å². The minimum atomic E-state index is -1.21. The summed E-state index contributed by atoms with van der Waals surface area (Å²) in [6.45, 7) is 5.73. The number of benzene rings is 1. The molecule has 1 heterocycles. The van der Waals surface area contributed by atoms with Crippen LogP contribution >= 0.6 is 11.3 Å². The van der Waals surface area contributed by atoms with Gasteiger partial charge in [-0.2, -0.15) is 0 Å². The third-order valence-electron chi connectivity index (χ3n) is 5.00. The van der Waals surface area contributed by atoms with Gasteiger partial charge in [0.25, 0.3) is 0 Å².